The van der Waals surface area contributed by atoms with E-state index in [0.717, 1.165) is 38.5 Å². The van der Waals surface area contributed by atoms with Crippen molar-refractivity contribution in [2.75, 3.05) is 19.6 Å². The molecule has 1 aromatic carbocycles. The molecule has 172 valence electrons. The summed E-state index contributed by atoms with van der Waals surface area (Å²) in [7, 11) is -3.55. The highest BCUT2D eigenvalue weighted by Gasteiger charge is 2.33. The highest BCUT2D eigenvalue weighted by Crippen LogP contribution is 2.29. The molecule has 1 aliphatic heterocycles. The van der Waals surface area contributed by atoms with Crippen molar-refractivity contribution in [1.29, 1.82) is 0 Å². The van der Waals surface area contributed by atoms with Crippen molar-refractivity contribution in [3.63, 3.8) is 0 Å². The van der Waals surface area contributed by atoms with Gasteiger partial charge in [-0.25, -0.2) is 8.42 Å². The first-order chi connectivity index (χ1) is 13.5. The van der Waals surface area contributed by atoms with Crippen LogP contribution >= 0.6 is 11.6 Å². The second-order valence-electron chi connectivity index (χ2n) is 8.07. The largest absolute Gasteiger partial charge is 0.356 e. The number of benzene rings is 1. The average Bonchev–Trinajstić information content (AvgIpc) is 3.11. The molecule has 5 nitrogen and oxygen atoms in total. The molecular weight excluding hydrogens is 420 g/mol. The maximum Gasteiger partial charge on any atom is 0.244 e. The van der Waals surface area contributed by atoms with Gasteiger partial charge in [-0.15, -0.1) is 0 Å². The number of hydrogen-bond donors (Lipinski definition) is 1. The molecule has 1 saturated carbocycles. The van der Waals surface area contributed by atoms with Crippen LogP contribution in [0.1, 0.15) is 72.6 Å². The van der Waals surface area contributed by atoms with E-state index in [1.807, 2.05) is 0 Å². The van der Waals surface area contributed by atoms with Crippen LogP contribution < -0.4 is 5.32 Å². The molecule has 0 spiro atoms. The Balaban J connectivity index is 0.00000225. The van der Waals surface area contributed by atoms with Gasteiger partial charge >= 0.3 is 0 Å². The molecule has 1 N–H and O–H groups in total. The van der Waals surface area contributed by atoms with Crippen molar-refractivity contribution in [1.82, 2.24) is 9.62 Å². The topological polar surface area (TPSA) is 66.5 Å². The number of amides is 1. The predicted octanol–water partition coefficient (Wildman–Crippen LogP) is 5.49. The molecule has 0 radical (unpaired) electrons. The maximum atomic E-state index is 12.8. The second kappa shape index (κ2) is 12.7. The van der Waals surface area contributed by atoms with E-state index in [0.29, 0.717) is 19.6 Å². The molecule has 30 heavy (non-hydrogen) atoms. The second-order valence-corrected chi connectivity index (χ2v) is 10.4. The summed E-state index contributed by atoms with van der Waals surface area (Å²) in [6, 6.07) is 6.58. The van der Waals surface area contributed by atoms with Crippen LogP contribution in [-0.4, -0.2) is 38.3 Å². The molecule has 1 amide bonds. The number of hydrogen-bond acceptors (Lipinski definition) is 3. The standard InChI is InChI=1S/C21H31ClN2O3S.2CH4/c22-19-10-6-7-11-20(19)28(26,27)24-15-13-17(16-24)12-14-23-21(25)18-8-4-2-1-3-5-9-18;;/h6-7,10-11,17-18H,1-5,8-9,12-16H2,(H,23,25);2*1H4. The molecule has 1 atom stereocenters. The van der Waals surface area contributed by atoms with Crippen LogP contribution in [0.15, 0.2) is 29.2 Å². The van der Waals surface area contributed by atoms with E-state index in [4.69, 9.17) is 11.6 Å². The molecule has 3 rings (SSSR count). The third-order valence-electron chi connectivity index (χ3n) is 6.03. The highest BCUT2D eigenvalue weighted by molar-refractivity contribution is 7.89. The predicted molar refractivity (Wildman–Crippen MR) is 125 cm³/mol. The van der Waals surface area contributed by atoms with E-state index in [1.165, 1.54) is 23.6 Å². The molecule has 1 aromatic rings. The Hall–Kier alpha value is -1.11. The smallest absolute Gasteiger partial charge is 0.244 e. The van der Waals surface area contributed by atoms with Crippen molar-refractivity contribution in [3.05, 3.63) is 29.3 Å². The molecule has 2 fully saturated rings. The number of carbonyl (C=O) groups excluding carboxylic acids is 1. The Morgan fingerprint density at radius 2 is 1.67 bits per heavy atom. The number of carbonyl (C=O) groups is 1. The summed E-state index contributed by atoms with van der Waals surface area (Å²) in [5, 5.41) is 3.36. The first-order valence-electron chi connectivity index (χ1n) is 10.5. The fraction of sp³-hybridized carbons (Fsp3) is 0.696. The molecule has 1 unspecified atom stereocenters. The van der Waals surface area contributed by atoms with Gasteiger partial charge in [0.2, 0.25) is 15.9 Å². The summed E-state index contributed by atoms with van der Waals surface area (Å²) in [4.78, 5) is 12.6. The van der Waals surface area contributed by atoms with Gasteiger partial charge in [0, 0.05) is 25.6 Å². The Labute approximate surface area is 188 Å². The molecule has 2 aliphatic rings. The van der Waals surface area contributed by atoms with Crippen molar-refractivity contribution in [2.45, 2.75) is 77.5 Å². The lowest BCUT2D eigenvalue weighted by Crippen LogP contribution is -2.33. The summed E-state index contributed by atoms with van der Waals surface area (Å²) in [5.41, 5.74) is 0. The quantitative estimate of drug-likeness (QED) is 0.612. The molecule has 7 heteroatoms. The average molecular weight is 459 g/mol. The van der Waals surface area contributed by atoms with Gasteiger partial charge in [-0.2, -0.15) is 4.31 Å². The van der Waals surface area contributed by atoms with Crippen LogP contribution in [-0.2, 0) is 14.8 Å². The van der Waals surface area contributed by atoms with Gasteiger partial charge < -0.3 is 5.32 Å². The van der Waals surface area contributed by atoms with Gasteiger partial charge in [0.1, 0.15) is 4.90 Å². The lowest BCUT2D eigenvalue weighted by atomic mass is 9.90. The van der Waals surface area contributed by atoms with Crippen LogP contribution in [0.4, 0.5) is 0 Å². The van der Waals surface area contributed by atoms with Crippen LogP contribution in [0, 0.1) is 11.8 Å². The third-order valence-corrected chi connectivity index (χ3v) is 8.40. The van der Waals surface area contributed by atoms with E-state index < -0.39 is 10.0 Å². The molecular formula is C23H39ClN2O3S. The summed E-state index contributed by atoms with van der Waals surface area (Å²) in [6.45, 7) is 1.63. The van der Waals surface area contributed by atoms with Crippen molar-refractivity contribution >= 4 is 27.5 Å². The van der Waals surface area contributed by atoms with E-state index >= 15 is 0 Å². The third kappa shape index (κ3) is 6.96. The van der Waals surface area contributed by atoms with Crippen LogP contribution in [0.3, 0.4) is 0 Å². The Morgan fingerprint density at radius 3 is 2.33 bits per heavy atom. The SMILES string of the molecule is C.C.O=C(NCCC1CCN(S(=O)(=O)c2ccccc2Cl)C1)C1CCCCCCC1. The zero-order chi connectivity index (χ0) is 20.0. The van der Waals surface area contributed by atoms with Gasteiger partial charge in [-0.05, 0) is 43.7 Å². The summed E-state index contributed by atoms with van der Waals surface area (Å²) >= 11 is 6.08. The fourth-order valence-electron chi connectivity index (χ4n) is 4.31. The van der Waals surface area contributed by atoms with Gasteiger partial charge in [-0.3, -0.25) is 4.79 Å². The highest BCUT2D eigenvalue weighted by atomic mass is 35.5. The minimum atomic E-state index is -3.55. The Bertz CT molecular complexity index is 761. The lowest BCUT2D eigenvalue weighted by Gasteiger charge is -2.20. The van der Waals surface area contributed by atoms with Gasteiger partial charge in [0.15, 0.2) is 0 Å². The van der Waals surface area contributed by atoms with E-state index in [1.54, 1.807) is 24.3 Å². The van der Waals surface area contributed by atoms with E-state index in [-0.39, 0.29) is 42.5 Å². The van der Waals surface area contributed by atoms with Gasteiger partial charge in [0.25, 0.3) is 0 Å². The first-order valence-corrected chi connectivity index (χ1v) is 12.3. The Morgan fingerprint density at radius 1 is 1.03 bits per heavy atom. The van der Waals surface area contributed by atoms with Crippen LogP contribution in [0.5, 0.6) is 0 Å². The zero-order valence-corrected chi connectivity index (χ0v) is 18.0. The first kappa shape index (κ1) is 26.9. The molecule has 1 heterocycles. The summed E-state index contributed by atoms with van der Waals surface area (Å²) < 4.78 is 27.2. The minimum Gasteiger partial charge on any atom is -0.356 e. The van der Waals surface area contributed by atoms with Crippen LogP contribution in [0.2, 0.25) is 5.02 Å². The summed E-state index contributed by atoms with van der Waals surface area (Å²) in [5.74, 6) is 0.608. The molecule has 1 aliphatic carbocycles. The zero-order valence-electron chi connectivity index (χ0n) is 16.4. The number of rotatable bonds is 6. The number of nitrogens with zero attached hydrogens (tertiary/aromatic N) is 1. The number of nitrogens with one attached hydrogen (secondary N) is 1. The van der Waals surface area contributed by atoms with Crippen molar-refractivity contribution < 1.29 is 13.2 Å². The van der Waals surface area contributed by atoms with E-state index in [9.17, 15) is 13.2 Å². The molecule has 1 saturated heterocycles. The van der Waals surface area contributed by atoms with Crippen molar-refractivity contribution in [2.24, 2.45) is 11.8 Å². The van der Waals surface area contributed by atoms with E-state index in [2.05, 4.69) is 5.32 Å². The summed E-state index contributed by atoms with van der Waals surface area (Å²) in [6.07, 6.45) is 9.70. The van der Waals surface area contributed by atoms with Crippen LogP contribution in [0.25, 0.3) is 0 Å². The lowest BCUT2D eigenvalue weighted by molar-refractivity contribution is -0.125. The fourth-order valence-corrected chi connectivity index (χ4v) is 6.33. The van der Waals surface area contributed by atoms with Gasteiger partial charge in [-0.1, -0.05) is 70.7 Å². The number of halogens is 1. The Kier molecular flexibility index (Phi) is 11.4. The molecule has 0 bridgehead atoms. The monoisotopic (exact) mass is 458 g/mol. The minimum absolute atomic E-state index is 0. The molecule has 0 aromatic heterocycles. The normalized spacial score (nSPS) is 21.0. The van der Waals surface area contributed by atoms with Crippen molar-refractivity contribution in [3.8, 4) is 0 Å². The number of sulfonamides is 1. The van der Waals surface area contributed by atoms with Gasteiger partial charge in [0.05, 0.1) is 5.02 Å². The maximum absolute atomic E-state index is 12.8.